The summed E-state index contributed by atoms with van der Waals surface area (Å²) in [6, 6.07) is 8.33. The van der Waals surface area contributed by atoms with Crippen molar-refractivity contribution in [2.75, 3.05) is 13.7 Å². The molecular weight excluding hydrogens is 250 g/mol. The van der Waals surface area contributed by atoms with Crippen LogP contribution >= 0.6 is 0 Å². The Morgan fingerprint density at radius 3 is 2.80 bits per heavy atom. The van der Waals surface area contributed by atoms with Gasteiger partial charge in [0.15, 0.2) is 0 Å². The molecule has 0 aliphatic heterocycles. The summed E-state index contributed by atoms with van der Waals surface area (Å²) in [7, 11) is 1.82. The molecule has 1 saturated carbocycles. The molecule has 0 saturated heterocycles. The van der Waals surface area contributed by atoms with Crippen LogP contribution in [0, 0.1) is 0 Å². The standard InChI is InChI=1S/C16H23N3O/c1-3-19-14-8-5-4-7-13(14)18-15(19)11-17-12-16(20-2)9-6-10-16/h4-5,7-8,17H,3,6,9-12H2,1-2H3. The van der Waals surface area contributed by atoms with Gasteiger partial charge in [-0.2, -0.15) is 0 Å². The highest BCUT2D eigenvalue weighted by atomic mass is 16.5. The number of aryl methyl sites for hydroxylation is 1. The summed E-state index contributed by atoms with van der Waals surface area (Å²) < 4.78 is 7.92. The molecule has 1 aromatic heterocycles. The van der Waals surface area contributed by atoms with Gasteiger partial charge in [-0.1, -0.05) is 12.1 Å². The first-order chi connectivity index (χ1) is 9.78. The lowest BCUT2D eigenvalue weighted by Gasteiger charge is -2.40. The minimum atomic E-state index is 0.0725. The maximum atomic E-state index is 5.64. The number of methoxy groups -OCH3 is 1. The van der Waals surface area contributed by atoms with E-state index in [2.05, 4.69) is 35.0 Å². The number of rotatable bonds is 6. The highest BCUT2D eigenvalue weighted by Gasteiger charge is 2.36. The van der Waals surface area contributed by atoms with E-state index < -0.39 is 0 Å². The first-order valence-electron chi connectivity index (χ1n) is 7.48. The topological polar surface area (TPSA) is 39.1 Å². The zero-order chi connectivity index (χ0) is 14.0. The summed E-state index contributed by atoms with van der Waals surface area (Å²) in [6.07, 6.45) is 3.62. The molecule has 0 spiro atoms. The van der Waals surface area contributed by atoms with Crippen molar-refractivity contribution < 1.29 is 4.74 Å². The van der Waals surface area contributed by atoms with E-state index in [1.165, 1.54) is 24.8 Å². The minimum absolute atomic E-state index is 0.0725. The van der Waals surface area contributed by atoms with Gasteiger partial charge >= 0.3 is 0 Å². The van der Waals surface area contributed by atoms with Crippen molar-refractivity contribution in [3.8, 4) is 0 Å². The smallest absolute Gasteiger partial charge is 0.123 e. The van der Waals surface area contributed by atoms with Gasteiger partial charge in [0.25, 0.3) is 0 Å². The fourth-order valence-electron chi connectivity index (χ4n) is 3.04. The van der Waals surface area contributed by atoms with Crippen LogP contribution in [0.15, 0.2) is 24.3 Å². The number of imidazole rings is 1. The van der Waals surface area contributed by atoms with Gasteiger partial charge in [0.2, 0.25) is 0 Å². The SMILES string of the molecule is CCn1c(CNCC2(OC)CCC2)nc2ccccc21. The Bertz CT molecular complexity index is 581. The molecule has 0 atom stereocenters. The molecule has 1 fully saturated rings. The Morgan fingerprint density at radius 2 is 2.15 bits per heavy atom. The number of benzene rings is 1. The third-order valence-corrected chi connectivity index (χ3v) is 4.48. The lowest BCUT2D eigenvalue weighted by molar-refractivity contribution is -0.0696. The van der Waals surface area contributed by atoms with E-state index >= 15 is 0 Å². The van der Waals surface area contributed by atoms with E-state index in [0.29, 0.717) is 0 Å². The Hall–Kier alpha value is -1.39. The zero-order valence-corrected chi connectivity index (χ0v) is 12.4. The fraction of sp³-hybridized carbons (Fsp3) is 0.562. The van der Waals surface area contributed by atoms with Crippen molar-refractivity contribution >= 4 is 11.0 Å². The summed E-state index contributed by atoms with van der Waals surface area (Å²) in [5, 5.41) is 3.52. The number of aromatic nitrogens is 2. The van der Waals surface area contributed by atoms with Crippen LogP contribution in [0.5, 0.6) is 0 Å². The summed E-state index contributed by atoms with van der Waals surface area (Å²) >= 11 is 0. The van der Waals surface area contributed by atoms with Gasteiger partial charge in [-0.15, -0.1) is 0 Å². The highest BCUT2D eigenvalue weighted by Crippen LogP contribution is 2.34. The fourth-order valence-corrected chi connectivity index (χ4v) is 3.04. The molecule has 0 amide bonds. The van der Waals surface area contributed by atoms with E-state index in [-0.39, 0.29) is 5.60 Å². The predicted octanol–water partition coefficient (Wildman–Crippen LogP) is 2.71. The largest absolute Gasteiger partial charge is 0.377 e. The second-order valence-corrected chi connectivity index (χ2v) is 5.61. The zero-order valence-electron chi connectivity index (χ0n) is 12.4. The van der Waals surface area contributed by atoms with Crippen LogP contribution in [0.3, 0.4) is 0 Å². The van der Waals surface area contributed by atoms with Crippen LogP contribution in [0.1, 0.15) is 32.0 Å². The average Bonchev–Trinajstić information content (AvgIpc) is 2.79. The van der Waals surface area contributed by atoms with Gasteiger partial charge in [0.1, 0.15) is 5.82 Å². The van der Waals surface area contributed by atoms with Gasteiger partial charge in [0, 0.05) is 20.2 Å². The molecule has 1 aliphatic carbocycles. The average molecular weight is 273 g/mol. The van der Waals surface area contributed by atoms with Crippen LogP contribution in [0.25, 0.3) is 11.0 Å². The lowest BCUT2D eigenvalue weighted by Crippen LogP contribution is -2.47. The monoisotopic (exact) mass is 273 g/mol. The number of hydrogen-bond donors (Lipinski definition) is 1. The normalized spacial score (nSPS) is 17.3. The lowest BCUT2D eigenvalue weighted by atomic mass is 9.80. The van der Waals surface area contributed by atoms with E-state index in [1.807, 2.05) is 13.2 Å². The molecule has 2 aromatic rings. The van der Waals surface area contributed by atoms with Crippen LogP contribution in [-0.4, -0.2) is 28.8 Å². The van der Waals surface area contributed by atoms with E-state index in [9.17, 15) is 0 Å². The number of hydrogen-bond acceptors (Lipinski definition) is 3. The molecule has 108 valence electrons. The van der Waals surface area contributed by atoms with E-state index in [1.54, 1.807) is 0 Å². The van der Waals surface area contributed by atoms with Crippen molar-refractivity contribution in [1.29, 1.82) is 0 Å². The van der Waals surface area contributed by atoms with Gasteiger partial charge in [0.05, 0.1) is 23.2 Å². The molecule has 1 heterocycles. The Morgan fingerprint density at radius 1 is 1.35 bits per heavy atom. The third kappa shape index (κ3) is 2.34. The van der Waals surface area contributed by atoms with Crippen LogP contribution in [0.2, 0.25) is 0 Å². The maximum absolute atomic E-state index is 5.64. The number of nitrogens with zero attached hydrogens (tertiary/aromatic N) is 2. The molecule has 0 unspecified atom stereocenters. The number of ether oxygens (including phenoxy) is 1. The molecule has 4 nitrogen and oxygen atoms in total. The molecule has 0 bridgehead atoms. The molecule has 0 radical (unpaired) electrons. The molecular formula is C16H23N3O. The van der Waals surface area contributed by atoms with Crippen molar-refractivity contribution in [2.24, 2.45) is 0 Å². The van der Waals surface area contributed by atoms with Crippen molar-refractivity contribution in [3.63, 3.8) is 0 Å². The van der Waals surface area contributed by atoms with E-state index in [0.717, 1.165) is 31.0 Å². The summed E-state index contributed by atoms with van der Waals surface area (Å²) in [5.74, 6) is 1.11. The van der Waals surface area contributed by atoms with Gasteiger partial charge < -0.3 is 14.6 Å². The highest BCUT2D eigenvalue weighted by molar-refractivity contribution is 5.75. The van der Waals surface area contributed by atoms with Gasteiger partial charge in [-0.05, 0) is 38.3 Å². The second-order valence-electron chi connectivity index (χ2n) is 5.61. The van der Waals surface area contributed by atoms with Gasteiger partial charge in [-0.3, -0.25) is 0 Å². The van der Waals surface area contributed by atoms with Crippen molar-refractivity contribution in [2.45, 2.75) is 44.9 Å². The third-order valence-electron chi connectivity index (χ3n) is 4.48. The van der Waals surface area contributed by atoms with Crippen LogP contribution in [-0.2, 0) is 17.8 Å². The molecule has 1 N–H and O–H groups in total. The molecule has 4 heteroatoms. The number of para-hydroxylation sites is 2. The summed E-state index contributed by atoms with van der Waals surface area (Å²) in [6.45, 7) is 4.83. The Balaban J connectivity index is 1.71. The Labute approximate surface area is 120 Å². The van der Waals surface area contributed by atoms with E-state index in [4.69, 9.17) is 9.72 Å². The van der Waals surface area contributed by atoms with Crippen LogP contribution < -0.4 is 5.32 Å². The first kappa shape index (κ1) is 13.6. The predicted molar refractivity (Wildman–Crippen MR) is 80.7 cm³/mol. The van der Waals surface area contributed by atoms with Crippen LogP contribution in [0.4, 0.5) is 0 Å². The first-order valence-corrected chi connectivity index (χ1v) is 7.48. The number of fused-ring (bicyclic) bond motifs is 1. The molecule has 3 rings (SSSR count). The van der Waals surface area contributed by atoms with Crippen molar-refractivity contribution in [3.05, 3.63) is 30.1 Å². The quantitative estimate of drug-likeness (QED) is 0.879. The van der Waals surface area contributed by atoms with Gasteiger partial charge in [-0.25, -0.2) is 4.98 Å². The molecule has 1 aromatic carbocycles. The molecule has 20 heavy (non-hydrogen) atoms. The number of nitrogens with one attached hydrogen (secondary N) is 1. The molecule has 1 aliphatic rings. The summed E-state index contributed by atoms with van der Waals surface area (Å²) in [4.78, 5) is 4.73. The second kappa shape index (κ2) is 5.54. The summed E-state index contributed by atoms with van der Waals surface area (Å²) in [5.41, 5.74) is 2.37. The Kier molecular flexibility index (Phi) is 3.76. The maximum Gasteiger partial charge on any atom is 0.123 e. The minimum Gasteiger partial charge on any atom is -0.377 e. The van der Waals surface area contributed by atoms with Crippen molar-refractivity contribution in [1.82, 2.24) is 14.9 Å².